The molecule has 0 radical (unpaired) electrons. The minimum absolute atomic E-state index is 0.156. The highest BCUT2D eigenvalue weighted by molar-refractivity contribution is 5.75. The molecule has 1 amide bonds. The lowest BCUT2D eigenvalue weighted by molar-refractivity contribution is -0.130. The molecule has 0 saturated carbocycles. The predicted molar refractivity (Wildman–Crippen MR) is 78.0 cm³/mol. The SMILES string of the molecule is CC(O)CCN(C)C(=O)CCC(C)c1ccccc1. The Balaban J connectivity index is 2.33. The van der Waals surface area contributed by atoms with E-state index in [1.54, 1.807) is 18.9 Å². The van der Waals surface area contributed by atoms with Crippen molar-refractivity contribution < 1.29 is 9.90 Å². The van der Waals surface area contributed by atoms with Crippen molar-refractivity contribution in [3.05, 3.63) is 35.9 Å². The van der Waals surface area contributed by atoms with E-state index in [1.807, 2.05) is 18.2 Å². The third-order valence-electron chi connectivity index (χ3n) is 3.47. The van der Waals surface area contributed by atoms with E-state index in [4.69, 9.17) is 0 Å². The van der Waals surface area contributed by atoms with Gasteiger partial charge in [-0.05, 0) is 31.2 Å². The zero-order valence-corrected chi connectivity index (χ0v) is 12.2. The van der Waals surface area contributed by atoms with Crippen LogP contribution >= 0.6 is 0 Å². The van der Waals surface area contributed by atoms with Gasteiger partial charge in [-0.1, -0.05) is 37.3 Å². The van der Waals surface area contributed by atoms with E-state index < -0.39 is 0 Å². The van der Waals surface area contributed by atoms with E-state index in [0.29, 0.717) is 25.3 Å². The topological polar surface area (TPSA) is 40.5 Å². The Morgan fingerprint density at radius 2 is 1.84 bits per heavy atom. The molecule has 0 aliphatic heterocycles. The van der Waals surface area contributed by atoms with Crippen molar-refractivity contribution in [1.82, 2.24) is 4.90 Å². The lowest BCUT2D eigenvalue weighted by Gasteiger charge is -2.19. The maximum absolute atomic E-state index is 11.9. The summed E-state index contributed by atoms with van der Waals surface area (Å²) in [6, 6.07) is 10.3. The number of carbonyl (C=O) groups is 1. The van der Waals surface area contributed by atoms with Crippen molar-refractivity contribution >= 4 is 5.91 Å². The molecule has 1 rings (SSSR count). The summed E-state index contributed by atoms with van der Waals surface area (Å²) in [5.74, 6) is 0.554. The number of hydrogen-bond acceptors (Lipinski definition) is 2. The Kier molecular flexibility index (Phi) is 6.57. The van der Waals surface area contributed by atoms with Crippen LogP contribution in [0.5, 0.6) is 0 Å². The average molecular weight is 263 g/mol. The van der Waals surface area contributed by atoms with Gasteiger partial charge in [0.25, 0.3) is 0 Å². The minimum atomic E-state index is -0.349. The summed E-state index contributed by atoms with van der Waals surface area (Å²) in [6.45, 7) is 4.52. The van der Waals surface area contributed by atoms with Gasteiger partial charge in [0.05, 0.1) is 6.10 Å². The van der Waals surface area contributed by atoms with Crippen LogP contribution in [-0.2, 0) is 4.79 Å². The molecule has 0 spiro atoms. The first-order valence-corrected chi connectivity index (χ1v) is 6.97. The molecule has 106 valence electrons. The van der Waals surface area contributed by atoms with E-state index >= 15 is 0 Å². The van der Waals surface area contributed by atoms with Crippen LogP contribution in [-0.4, -0.2) is 35.6 Å². The Labute approximate surface area is 116 Å². The van der Waals surface area contributed by atoms with Crippen molar-refractivity contribution in [2.75, 3.05) is 13.6 Å². The molecule has 19 heavy (non-hydrogen) atoms. The first-order chi connectivity index (χ1) is 9.00. The molecule has 0 heterocycles. The van der Waals surface area contributed by atoms with Gasteiger partial charge in [0.1, 0.15) is 0 Å². The second-order valence-electron chi connectivity index (χ2n) is 5.30. The van der Waals surface area contributed by atoms with Gasteiger partial charge in [0, 0.05) is 20.0 Å². The molecule has 0 fully saturated rings. The largest absolute Gasteiger partial charge is 0.393 e. The number of benzene rings is 1. The molecule has 0 aliphatic rings. The second kappa shape index (κ2) is 7.95. The highest BCUT2D eigenvalue weighted by Gasteiger charge is 2.12. The summed E-state index contributed by atoms with van der Waals surface area (Å²) in [5.41, 5.74) is 1.28. The van der Waals surface area contributed by atoms with E-state index in [9.17, 15) is 9.90 Å². The molecule has 3 heteroatoms. The molecule has 3 nitrogen and oxygen atoms in total. The van der Waals surface area contributed by atoms with Crippen LogP contribution in [0.3, 0.4) is 0 Å². The molecule has 2 unspecified atom stereocenters. The highest BCUT2D eigenvalue weighted by Crippen LogP contribution is 2.20. The number of nitrogens with zero attached hydrogens (tertiary/aromatic N) is 1. The maximum Gasteiger partial charge on any atom is 0.222 e. The average Bonchev–Trinajstić information content (AvgIpc) is 2.42. The number of amides is 1. The van der Waals surface area contributed by atoms with Crippen LogP contribution in [0, 0.1) is 0 Å². The van der Waals surface area contributed by atoms with E-state index in [-0.39, 0.29) is 12.0 Å². The molecule has 0 aliphatic carbocycles. The molecule has 0 bridgehead atoms. The van der Waals surface area contributed by atoms with Gasteiger partial charge < -0.3 is 10.0 Å². The first kappa shape index (κ1) is 15.7. The number of rotatable bonds is 7. The van der Waals surface area contributed by atoms with Crippen LogP contribution < -0.4 is 0 Å². The first-order valence-electron chi connectivity index (χ1n) is 6.97. The van der Waals surface area contributed by atoms with Gasteiger partial charge in [-0.25, -0.2) is 0 Å². The van der Waals surface area contributed by atoms with E-state index in [2.05, 4.69) is 19.1 Å². The molecule has 0 saturated heterocycles. The van der Waals surface area contributed by atoms with Crippen LogP contribution in [0.15, 0.2) is 30.3 Å². The normalized spacial score (nSPS) is 13.9. The summed E-state index contributed by atoms with van der Waals surface area (Å²) < 4.78 is 0. The monoisotopic (exact) mass is 263 g/mol. The quantitative estimate of drug-likeness (QED) is 0.821. The van der Waals surface area contributed by atoms with Crippen LogP contribution in [0.2, 0.25) is 0 Å². The fraction of sp³-hybridized carbons (Fsp3) is 0.562. The third kappa shape index (κ3) is 5.88. The Morgan fingerprint density at radius 1 is 1.21 bits per heavy atom. The smallest absolute Gasteiger partial charge is 0.222 e. The summed E-state index contributed by atoms with van der Waals surface area (Å²) in [4.78, 5) is 13.6. The standard InChI is InChI=1S/C16H25NO2/c1-13(15-7-5-4-6-8-15)9-10-16(19)17(3)12-11-14(2)18/h4-8,13-14,18H,9-12H2,1-3H3. The molecule has 1 N–H and O–H groups in total. The fourth-order valence-electron chi connectivity index (χ4n) is 1.98. The zero-order chi connectivity index (χ0) is 14.3. The summed E-state index contributed by atoms with van der Waals surface area (Å²) in [6.07, 6.45) is 1.71. The number of hydrogen-bond donors (Lipinski definition) is 1. The lowest BCUT2D eigenvalue weighted by Crippen LogP contribution is -2.29. The summed E-state index contributed by atoms with van der Waals surface area (Å²) in [5, 5.41) is 9.21. The highest BCUT2D eigenvalue weighted by atomic mass is 16.3. The van der Waals surface area contributed by atoms with Crippen LogP contribution in [0.25, 0.3) is 0 Å². The van der Waals surface area contributed by atoms with Crippen LogP contribution in [0.4, 0.5) is 0 Å². The Bertz CT molecular complexity index is 376. The fourth-order valence-corrected chi connectivity index (χ4v) is 1.98. The van der Waals surface area contributed by atoms with Gasteiger partial charge in [-0.15, -0.1) is 0 Å². The minimum Gasteiger partial charge on any atom is -0.393 e. The van der Waals surface area contributed by atoms with Gasteiger partial charge >= 0.3 is 0 Å². The third-order valence-corrected chi connectivity index (χ3v) is 3.47. The molecule has 1 aromatic rings. The Hall–Kier alpha value is -1.35. The summed E-state index contributed by atoms with van der Waals surface area (Å²) >= 11 is 0. The van der Waals surface area contributed by atoms with Gasteiger partial charge in [0.15, 0.2) is 0 Å². The van der Waals surface area contributed by atoms with Crippen molar-refractivity contribution in [2.24, 2.45) is 0 Å². The Morgan fingerprint density at radius 3 is 2.42 bits per heavy atom. The van der Waals surface area contributed by atoms with Gasteiger partial charge in [0.2, 0.25) is 5.91 Å². The molecule has 1 aromatic carbocycles. The molecule has 0 aromatic heterocycles. The van der Waals surface area contributed by atoms with E-state index in [1.165, 1.54) is 5.56 Å². The van der Waals surface area contributed by atoms with Crippen molar-refractivity contribution in [3.8, 4) is 0 Å². The van der Waals surface area contributed by atoms with Gasteiger partial charge in [-0.2, -0.15) is 0 Å². The molecule has 2 atom stereocenters. The maximum atomic E-state index is 11.9. The van der Waals surface area contributed by atoms with E-state index in [0.717, 1.165) is 6.42 Å². The summed E-state index contributed by atoms with van der Waals surface area (Å²) in [7, 11) is 1.80. The van der Waals surface area contributed by atoms with Gasteiger partial charge in [-0.3, -0.25) is 4.79 Å². The number of aliphatic hydroxyl groups excluding tert-OH is 1. The lowest BCUT2D eigenvalue weighted by atomic mass is 9.96. The van der Waals surface area contributed by atoms with Crippen molar-refractivity contribution in [1.29, 1.82) is 0 Å². The number of aliphatic hydroxyl groups is 1. The predicted octanol–water partition coefficient (Wildman–Crippen LogP) is 2.80. The van der Waals surface area contributed by atoms with Crippen molar-refractivity contribution in [3.63, 3.8) is 0 Å². The zero-order valence-electron chi connectivity index (χ0n) is 12.2. The van der Waals surface area contributed by atoms with Crippen molar-refractivity contribution in [2.45, 2.75) is 45.1 Å². The molecular weight excluding hydrogens is 238 g/mol. The molecular formula is C16H25NO2. The van der Waals surface area contributed by atoms with Crippen LogP contribution in [0.1, 0.15) is 44.6 Å². The number of carbonyl (C=O) groups excluding carboxylic acids is 1. The second-order valence-corrected chi connectivity index (χ2v) is 5.30.